The van der Waals surface area contributed by atoms with Crippen molar-refractivity contribution in [1.29, 1.82) is 0 Å². The molecule has 6 nitrogen and oxygen atoms in total. The van der Waals surface area contributed by atoms with Gasteiger partial charge in [0, 0.05) is 0 Å². The summed E-state index contributed by atoms with van der Waals surface area (Å²) in [5.74, 6) is -0.403. The summed E-state index contributed by atoms with van der Waals surface area (Å²) in [6, 6.07) is 1.55. The number of nitrogens with one attached hydrogen (secondary N) is 1. The van der Waals surface area contributed by atoms with E-state index < -0.39 is 54.4 Å². The standard InChI is InChI=1S/C12H17F3N2O4S2/c1-8(2)6-11(12(13,14)15)17-23(20,21)10-5-3-4-9(7-10)22(16,18)19/h3-5,7-8,11,17H,6H2,1-2H3,(H2,16,18,19)/t11-/m0/s1. The van der Waals surface area contributed by atoms with Gasteiger partial charge in [0.2, 0.25) is 20.0 Å². The zero-order chi connectivity index (χ0) is 18.1. The minimum atomic E-state index is -4.77. The predicted octanol–water partition coefficient (Wildman–Crippen LogP) is 1.59. The largest absolute Gasteiger partial charge is 0.404 e. The van der Waals surface area contributed by atoms with Crippen molar-refractivity contribution >= 4 is 20.0 Å². The maximum absolute atomic E-state index is 13.0. The van der Waals surface area contributed by atoms with Gasteiger partial charge in [0.15, 0.2) is 0 Å². The van der Waals surface area contributed by atoms with Crippen molar-refractivity contribution in [2.24, 2.45) is 11.1 Å². The Bertz CT molecular complexity index is 759. The molecule has 0 aliphatic heterocycles. The Hall–Kier alpha value is -1.17. The van der Waals surface area contributed by atoms with Crippen LogP contribution in [0.3, 0.4) is 0 Å². The van der Waals surface area contributed by atoms with E-state index in [0.29, 0.717) is 6.07 Å². The fraction of sp³-hybridized carbons (Fsp3) is 0.500. The molecule has 3 N–H and O–H groups in total. The van der Waals surface area contributed by atoms with Gasteiger partial charge < -0.3 is 0 Å². The lowest BCUT2D eigenvalue weighted by Gasteiger charge is -2.23. The number of alkyl halides is 3. The van der Waals surface area contributed by atoms with Crippen molar-refractivity contribution in [1.82, 2.24) is 4.72 Å². The highest BCUT2D eigenvalue weighted by molar-refractivity contribution is 7.90. The molecule has 0 amide bonds. The molecule has 1 rings (SSSR count). The van der Waals surface area contributed by atoms with Crippen molar-refractivity contribution in [2.75, 3.05) is 0 Å². The van der Waals surface area contributed by atoms with E-state index in [2.05, 4.69) is 0 Å². The van der Waals surface area contributed by atoms with Gasteiger partial charge in [-0.1, -0.05) is 19.9 Å². The Morgan fingerprint density at radius 1 is 1.13 bits per heavy atom. The van der Waals surface area contributed by atoms with Gasteiger partial charge in [0.25, 0.3) is 0 Å². The summed E-state index contributed by atoms with van der Waals surface area (Å²) in [5, 5.41) is 4.88. The van der Waals surface area contributed by atoms with Crippen LogP contribution in [0.4, 0.5) is 13.2 Å². The van der Waals surface area contributed by atoms with Gasteiger partial charge >= 0.3 is 6.18 Å². The lowest BCUT2D eigenvalue weighted by molar-refractivity contribution is -0.154. The Morgan fingerprint density at radius 3 is 2.09 bits per heavy atom. The molecule has 0 fully saturated rings. The van der Waals surface area contributed by atoms with Crippen LogP contribution < -0.4 is 9.86 Å². The lowest BCUT2D eigenvalue weighted by Crippen LogP contribution is -2.46. The van der Waals surface area contributed by atoms with E-state index in [1.54, 1.807) is 4.72 Å². The number of nitrogens with two attached hydrogens (primary N) is 1. The van der Waals surface area contributed by atoms with Gasteiger partial charge in [-0.3, -0.25) is 0 Å². The van der Waals surface area contributed by atoms with E-state index in [0.717, 1.165) is 18.2 Å². The topological polar surface area (TPSA) is 106 Å². The first-order chi connectivity index (χ1) is 10.2. The van der Waals surface area contributed by atoms with Gasteiger partial charge in [0.05, 0.1) is 9.79 Å². The summed E-state index contributed by atoms with van der Waals surface area (Å²) in [6.45, 7) is 3.04. The fourth-order valence-electron chi connectivity index (χ4n) is 1.79. The predicted molar refractivity (Wildman–Crippen MR) is 77.4 cm³/mol. The normalized spacial score (nSPS) is 14.9. The average Bonchev–Trinajstić information content (AvgIpc) is 2.35. The molecule has 1 atom stereocenters. The SMILES string of the molecule is CC(C)C[C@H](NS(=O)(=O)c1cccc(S(N)(=O)=O)c1)C(F)(F)F. The molecular weight excluding hydrogens is 357 g/mol. The van der Waals surface area contributed by atoms with Crippen molar-refractivity contribution in [2.45, 2.75) is 42.3 Å². The van der Waals surface area contributed by atoms with Crippen LogP contribution in [0.25, 0.3) is 0 Å². The highest BCUT2D eigenvalue weighted by Gasteiger charge is 2.42. The second kappa shape index (κ2) is 6.75. The molecule has 132 valence electrons. The summed E-state index contributed by atoms with van der Waals surface area (Å²) in [7, 11) is -8.74. The molecule has 0 saturated heterocycles. The molecule has 23 heavy (non-hydrogen) atoms. The Morgan fingerprint density at radius 2 is 1.65 bits per heavy atom. The van der Waals surface area contributed by atoms with Crippen molar-refractivity contribution in [3.8, 4) is 0 Å². The zero-order valence-corrected chi connectivity index (χ0v) is 14.0. The third-order valence-electron chi connectivity index (χ3n) is 2.84. The number of primary sulfonamides is 1. The number of halogens is 3. The summed E-state index contributed by atoms with van der Waals surface area (Å²) in [6.07, 6.45) is -5.22. The quantitative estimate of drug-likeness (QED) is 0.788. The third-order valence-corrected chi connectivity index (χ3v) is 5.22. The van der Waals surface area contributed by atoms with Crippen LogP contribution in [-0.2, 0) is 20.0 Å². The second-order valence-corrected chi connectivity index (χ2v) is 8.64. The molecule has 0 bridgehead atoms. The molecule has 0 unspecified atom stereocenters. The number of hydrogen-bond acceptors (Lipinski definition) is 4. The summed E-state index contributed by atoms with van der Waals surface area (Å²) >= 11 is 0. The molecule has 0 aromatic heterocycles. The first kappa shape index (κ1) is 19.9. The summed E-state index contributed by atoms with van der Waals surface area (Å²) in [4.78, 5) is -1.12. The fourth-order valence-corrected chi connectivity index (χ4v) is 3.71. The maximum atomic E-state index is 13.0. The van der Waals surface area contributed by atoms with Crippen LogP contribution >= 0.6 is 0 Å². The number of sulfonamides is 2. The highest BCUT2D eigenvalue weighted by atomic mass is 32.2. The van der Waals surface area contributed by atoms with Crippen LogP contribution in [0.1, 0.15) is 20.3 Å². The van der Waals surface area contributed by atoms with E-state index in [1.807, 2.05) is 0 Å². The first-order valence-electron chi connectivity index (χ1n) is 6.45. The Kier molecular flexibility index (Phi) is 5.83. The molecule has 0 heterocycles. The molecule has 0 aliphatic carbocycles. The molecule has 1 aromatic carbocycles. The maximum Gasteiger partial charge on any atom is 0.404 e. The number of rotatable bonds is 6. The molecule has 0 saturated carbocycles. The molecule has 11 heteroatoms. The van der Waals surface area contributed by atoms with Crippen LogP contribution in [0.5, 0.6) is 0 Å². The van der Waals surface area contributed by atoms with E-state index >= 15 is 0 Å². The van der Waals surface area contributed by atoms with Gasteiger partial charge in [-0.15, -0.1) is 0 Å². The average molecular weight is 374 g/mol. The van der Waals surface area contributed by atoms with E-state index in [1.165, 1.54) is 13.8 Å². The van der Waals surface area contributed by atoms with Crippen molar-refractivity contribution in [3.63, 3.8) is 0 Å². The third kappa shape index (κ3) is 5.75. The number of hydrogen-bond donors (Lipinski definition) is 2. The number of benzene rings is 1. The van der Waals surface area contributed by atoms with Crippen LogP contribution in [-0.4, -0.2) is 29.1 Å². The minimum Gasteiger partial charge on any atom is -0.225 e. The van der Waals surface area contributed by atoms with Crippen LogP contribution in [0, 0.1) is 5.92 Å². The molecular formula is C12H17F3N2O4S2. The second-order valence-electron chi connectivity index (χ2n) is 5.36. The van der Waals surface area contributed by atoms with E-state index in [9.17, 15) is 30.0 Å². The van der Waals surface area contributed by atoms with Crippen molar-refractivity contribution < 1.29 is 30.0 Å². The van der Waals surface area contributed by atoms with Gasteiger partial charge in [0.1, 0.15) is 6.04 Å². The van der Waals surface area contributed by atoms with Crippen molar-refractivity contribution in [3.05, 3.63) is 24.3 Å². The Labute approximate surface area is 133 Å². The van der Waals surface area contributed by atoms with Gasteiger partial charge in [-0.25, -0.2) is 22.0 Å². The molecule has 1 aromatic rings. The van der Waals surface area contributed by atoms with Gasteiger partial charge in [-0.2, -0.15) is 17.9 Å². The van der Waals surface area contributed by atoms with E-state index in [4.69, 9.17) is 5.14 Å². The molecule has 0 radical (unpaired) electrons. The van der Waals surface area contributed by atoms with Crippen LogP contribution in [0.15, 0.2) is 34.1 Å². The van der Waals surface area contributed by atoms with Crippen LogP contribution in [0.2, 0.25) is 0 Å². The van der Waals surface area contributed by atoms with E-state index in [-0.39, 0.29) is 0 Å². The summed E-state index contributed by atoms with van der Waals surface area (Å²) in [5.41, 5.74) is 0. The zero-order valence-electron chi connectivity index (χ0n) is 12.3. The Balaban J connectivity index is 3.21. The summed E-state index contributed by atoms with van der Waals surface area (Å²) < 4.78 is 87.1. The highest BCUT2D eigenvalue weighted by Crippen LogP contribution is 2.27. The molecule has 0 aliphatic rings. The monoisotopic (exact) mass is 374 g/mol. The van der Waals surface area contributed by atoms with Gasteiger partial charge in [-0.05, 0) is 30.5 Å². The molecule has 0 spiro atoms. The minimum absolute atomic E-state index is 0.403. The lowest BCUT2D eigenvalue weighted by atomic mass is 10.0. The smallest absolute Gasteiger partial charge is 0.225 e. The first-order valence-corrected chi connectivity index (χ1v) is 9.48.